The highest BCUT2D eigenvalue weighted by Gasteiger charge is 2.35. The van der Waals surface area contributed by atoms with Crippen LogP contribution in [-0.2, 0) is 6.18 Å². The summed E-state index contributed by atoms with van der Waals surface area (Å²) in [6.07, 6.45) is -3.92. The maximum atomic E-state index is 12.9. The van der Waals surface area contributed by atoms with Gasteiger partial charge in [-0.15, -0.1) is 0 Å². The molecule has 1 unspecified atom stereocenters. The van der Waals surface area contributed by atoms with Crippen molar-refractivity contribution in [2.24, 2.45) is 0 Å². The van der Waals surface area contributed by atoms with Crippen molar-refractivity contribution in [3.63, 3.8) is 0 Å². The molecule has 1 aromatic carbocycles. The van der Waals surface area contributed by atoms with Crippen molar-refractivity contribution >= 4 is 21.6 Å². The zero-order valence-corrected chi connectivity index (χ0v) is 11.7. The van der Waals surface area contributed by atoms with Crippen LogP contribution in [0, 0.1) is 0 Å². The van der Waals surface area contributed by atoms with Crippen molar-refractivity contribution in [1.29, 1.82) is 0 Å². The van der Waals surface area contributed by atoms with Crippen molar-refractivity contribution in [2.75, 3.05) is 11.9 Å². The van der Waals surface area contributed by atoms with E-state index >= 15 is 0 Å². The molecule has 6 heteroatoms. The van der Waals surface area contributed by atoms with Crippen LogP contribution in [0.25, 0.3) is 0 Å². The fraction of sp³-hybridized carbons (Fsp3) is 0.500. The number of nitrogens with one attached hydrogen (secondary N) is 1. The molecule has 0 aliphatic heterocycles. The lowest BCUT2D eigenvalue weighted by atomic mass is 9.99. The van der Waals surface area contributed by atoms with Gasteiger partial charge in [0.2, 0.25) is 0 Å². The first-order chi connectivity index (χ1) is 8.22. The fourth-order valence-electron chi connectivity index (χ4n) is 1.42. The van der Waals surface area contributed by atoms with Gasteiger partial charge in [-0.1, -0.05) is 22.9 Å². The van der Waals surface area contributed by atoms with Gasteiger partial charge in [0, 0.05) is 10.2 Å². The molecule has 0 amide bonds. The molecular formula is C12H15BrF3NO. The highest BCUT2D eigenvalue weighted by Crippen LogP contribution is 2.37. The minimum absolute atomic E-state index is 0.0240. The van der Waals surface area contributed by atoms with E-state index in [1.165, 1.54) is 12.1 Å². The molecule has 0 saturated carbocycles. The van der Waals surface area contributed by atoms with E-state index in [2.05, 4.69) is 21.2 Å². The average Bonchev–Trinajstić information content (AvgIpc) is 2.30. The van der Waals surface area contributed by atoms with Gasteiger partial charge in [-0.25, -0.2) is 0 Å². The summed E-state index contributed by atoms with van der Waals surface area (Å²) in [4.78, 5) is 0. The predicted molar refractivity (Wildman–Crippen MR) is 68.5 cm³/mol. The van der Waals surface area contributed by atoms with Gasteiger partial charge < -0.3 is 10.4 Å². The van der Waals surface area contributed by atoms with Crippen molar-refractivity contribution in [1.82, 2.24) is 0 Å². The Morgan fingerprint density at radius 2 is 1.94 bits per heavy atom. The van der Waals surface area contributed by atoms with E-state index in [0.29, 0.717) is 10.9 Å². The molecule has 0 spiro atoms. The zero-order valence-electron chi connectivity index (χ0n) is 10.1. The van der Waals surface area contributed by atoms with Crippen LogP contribution in [0.2, 0.25) is 0 Å². The van der Waals surface area contributed by atoms with Gasteiger partial charge in [-0.05, 0) is 31.5 Å². The van der Waals surface area contributed by atoms with Crippen LogP contribution in [0.1, 0.15) is 25.8 Å². The number of alkyl halides is 3. The first-order valence-corrected chi connectivity index (χ1v) is 6.27. The zero-order chi connectivity index (χ0) is 14.0. The number of aliphatic hydroxyl groups excluding tert-OH is 1. The number of rotatable bonds is 4. The Hall–Kier alpha value is -0.750. The Labute approximate surface area is 112 Å². The predicted octanol–water partition coefficient (Wildman–Crippen LogP) is 4.04. The molecule has 0 aliphatic carbocycles. The van der Waals surface area contributed by atoms with Crippen LogP contribution in [0.5, 0.6) is 0 Å². The Bertz CT molecular complexity index is 416. The number of hydrogen-bond donors (Lipinski definition) is 2. The molecule has 0 heterocycles. The maximum Gasteiger partial charge on any atom is 0.418 e. The van der Waals surface area contributed by atoms with Crippen LogP contribution in [0.4, 0.5) is 18.9 Å². The minimum Gasteiger partial charge on any atom is -0.394 e. The molecule has 2 nitrogen and oxygen atoms in total. The van der Waals surface area contributed by atoms with Crippen molar-refractivity contribution in [2.45, 2.75) is 32.0 Å². The van der Waals surface area contributed by atoms with E-state index in [9.17, 15) is 18.3 Å². The highest BCUT2D eigenvalue weighted by molar-refractivity contribution is 9.10. The van der Waals surface area contributed by atoms with Crippen molar-refractivity contribution in [3.8, 4) is 0 Å². The molecule has 0 aromatic heterocycles. The summed E-state index contributed by atoms with van der Waals surface area (Å²) in [5.41, 5.74) is -1.54. The molecule has 2 N–H and O–H groups in total. The molecule has 1 atom stereocenters. The van der Waals surface area contributed by atoms with Gasteiger partial charge in [0.15, 0.2) is 0 Å². The smallest absolute Gasteiger partial charge is 0.394 e. The molecule has 102 valence electrons. The number of hydrogen-bond acceptors (Lipinski definition) is 2. The molecule has 1 rings (SSSR count). The van der Waals surface area contributed by atoms with E-state index in [-0.39, 0.29) is 12.3 Å². The summed E-state index contributed by atoms with van der Waals surface area (Å²) >= 11 is 3.03. The van der Waals surface area contributed by atoms with Gasteiger partial charge in [0.05, 0.1) is 17.7 Å². The van der Waals surface area contributed by atoms with Crippen molar-refractivity contribution < 1.29 is 18.3 Å². The summed E-state index contributed by atoms with van der Waals surface area (Å²) in [6.45, 7) is 3.24. The summed E-state index contributed by atoms with van der Waals surface area (Å²) in [6, 6.07) is 3.91. The van der Waals surface area contributed by atoms with E-state index in [0.717, 1.165) is 6.07 Å². The number of benzene rings is 1. The van der Waals surface area contributed by atoms with E-state index in [1.54, 1.807) is 13.8 Å². The number of halogens is 4. The number of anilines is 1. The molecular weight excluding hydrogens is 311 g/mol. The van der Waals surface area contributed by atoms with Crippen LogP contribution >= 0.6 is 15.9 Å². The van der Waals surface area contributed by atoms with Crippen LogP contribution < -0.4 is 5.32 Å². The van der Waals surface area contributed by atoms with Crippen LogP contribution in [0.3, 0.4) is 0 Å². The molecule has 0 bridgehead atoms. The minimum atomic E-state index is -4.43. The quantitative estimate of drug-likeness (QED) is 0.875. The lowest BCUT2D eigenvalue weighted by Crippen LogP contribution is -2.38. The summed E-state index contributed by atoms with van der Waals surface area (Å²) in [7, 11) is 0. The third-order valence-corrected chi connectivity index (χ3v) is 3.35. The monoisotopic (exact) mass is 325 g/mol. The van der Waals surface area contributed by atoms with Gasteiger partial charge in [-0.3, -0.25) is 0 Å². The fourth-order valence-corrected chi connectivity index (χ4v) is 1.79. The molecule has 0 saturated heterocycles. The highest BCUT2D eigenvalue weighted by atomic mass is 79.9. The second-order valence-corrected chi connectivity index (χ2v) is 5.30. The third-order valence-electron chi connectivity index (χ3n) is 2.85. The van der Waals surface area contributed by atoms with Crippen molar-refractivity contribution in [3.05, 3.63) is 28.2 Å². The Morgan fingerprint density at radius 1 is 1.33 bits per heavy atom. The lowest BCUT2D eigenvalue weighted by molar-refractivity contribution is -0.137. The molecule has 0 fully saturated rings. The molecule has 0 radical (unpaired) electrons. The van der Waals surface area contributed by atoms with Gasteiger partial charge in [0.25, 0.3) is 0 Å². The standard InChI is InChI=1S/C12H15BrF3NO/c1-3-11(2,7-18)17-10-5-4-8(13)6-9(10)12(14,15)16/h4-6,17-18H,3,7H2,1-2H3. The van der Waals surface area contributed by atoms with Gasteiger partial charge in [-0.2, -0.15) is 13.2 Å². The van der Waals surface area contributed by atoms with E-state index in [4.69, 9.17) is 0 Å². The largest absolute Gasteiger partial charge is 0.418 e. The van der Waals surface area contributed by atoms with Crippen LogP contribution in [0.15, 0.2) is 22.7 Å². The third kappa shape index (κ3) is 3.62. The summed E-state index contributed by atoms with van der Waals surface area (Å²) in [5.74, 6) is 0. The first kappa shape index (κ1) is 15.3. The Balaban J connectivity index is 3.17. The van der Waals surface area contributed by atoms with Gasteiger partial charge in [0.1, 0.15) is 0 Å². The summed E-state index contributed by atoms with van der Waals surface area (Å²) < 4.78 is 39.0. The number of aliphatic hydroxyl groups is 1. The molecule has 18 heavy (non-hydrogen) atoms. The summed E-state index contributed by atoms with van der Waals surface area (Å²) in [5, 5.41) is 12.0. The van der Waals surface area contributed by atoms with E-state index < -0.39 is 17.3 Å². The second-order valence-electron chi connectivity index (χ2n) is 4.38. The maximum absolute atomic E-state index is 12.9. The lowest BCUT2D eigenvalue weighted by Gasteiger charge is -2.30. The Morgan fingerprint density at radius 3 is 2.39 bits per heavy atom. The van der Waals surface area contributed by atoms with Gasteiger partial charge >= 0.3 is 6.18 Å². The molecule has 1 aromatic rings. The van der Waals surface area contributed by atoms with Crippen LogP contribution in [-0.4, -0.2) is 17.3 Å². The topological polar surface area (TPSA) is 32.3 Å². The molecule has 0 aliphatic rings. The average molecular weight is 326 g/mol. The first-order valence-electron chi connectivity index (χ1n) is 5.47. The normalized spacial score (nSPS) is 15.3. The van der Waals surface area contributed by atoms with E-state index in [1.807, 2.05) is 0 Å². The SMILES string of the molecule is CCC(C)(CO)Nc1ccc(Br)cc1C(F)(F)F. The second kappa shape index (κ2) is 5.48. The Kier molecular flexibility index (Phi) is 4.66.